The molecular weight excluding hydrogens is 422 g/mol. The summed E-state index contributed by atoms with van der Waals surface area (Å²) in [7, 11) is 3.00. The predicted molar refractivity (Wildman–Crippen MR) is 115 cm³/mol. The number of rotatable bonds is 5. The number of hydrazone groups is 1. The number of amides is 2. The molecule has 1 N–H and O–H groups in total. The molecule has 0 bridgehead atoms. The van der Waals surface area contributed by atoms with E-state index < -0.39 is 11.3 Å². The minimum atomic E-state index is -0.550. The molecule has 0 saturated carbocycles. The highest BCUT2D eigenvalue weighted by Crippen LogP contribution is 2.39. The van der Waals surface area contributed by atoms with Gasteiger partial charge in [0, 0.05) is 13.8 Å². The molecular formula is C21H21N3O6S. The van der Waals surface area contributed by atoms with Gasteiger partial charge in [0.1, 0.15) is 11.1 Å². The van der Waals surface area contributed by atoms with Crippen molar-refractivity contribution in [2.75, 3.05) is 14.2 Å². The van der Waals surface area contributed by atoms with Gasteiger partial charge in [-0.15, -0.1) is 5.10 Å². The molecule has 0 aliphatic carbocycles. The quantitative estimate of drug-likeness (QED) is 0.559. The second-order valence-corrected chi connectivity index (χ2v) is 7.52. The van der Waals surface area contributed by atoms with E-state index in [2.05, 4.69) is 10.4 Å². The van der Waals surface area contributed by atoms with Crippen molar-refractivity contribution in [1.82, 2.24) is 10.3 Å². The second kappa shape index (κ2) is 9.52. The largest absolute Gasteiger partial charge is 0.493 e. The van der Waals surface area contributed by atoms with E-state index in [1.165, 1.54) is 50.9 Å². The van der Waals surface area contributed by atoms with Crippen molar-refractivity contribution < 1.29 is 28.6 Å². The van der Waals surface area contributed by atoms with Gasteiger partial charge < -0.3 is 19.5 Å². The molecule has 1 atom stereocenters. The number of nitrogens with one attached hydrogen (secondary N) is 1. The minimum Gasteiger partial charge on any atom is -0.493 e. The zero-order valence-electron chi connectivity index (χ0n) is 17.4. The first kappa shape index (κ1) is 22.2. The van der Waals surface area contributed by atoms with E-state index in [9.17, 15) is 14.4 Å². The molecule has 2 aromatic carbocycles. The Morgan fingerprint density at radius 2 is 1.68 bits per heavy atom. The number of nitrogens with zero attached hydrogens (tertiary/aromatic N) is 2. The highest BCUT2D eigenvalue weighted by atomic mass is 32.2. The van der Waals surface area contributed by atoms with Crippen LogP contribution >= 0.6 is 11.8 Å². The van der Waals surface area contributed by atoms with Gasteiger partial charge in [0.2, 0.25) is 11.8 Å². The van der Waals surface area contributed by atoms with E-state index in [1.54, 1.807) is 36.4 Å². The first-order valence-electron chi connectivity index (χ1n) is 9.19. The van der Waals surface area contributed by atoms with Crippen LogP contribution in [-0.4, -0.2) is 42.2 Å². The molecule has 1 unspecified atom stereocenters. The Morgan fingerprint density at radius 3 is 2.26 bits per heavy atom. The highest BCUT2D eigenvalue weighted by Gasteiger charge is 2.32. The molecule has 0 radical (unpaired) electrons. The third-order valence-corrected chi connectivity index (χ3v) is 5.35. The summed E-state index contributed by atoms with van der Waals surface area (Å²) in [5.74, 6) is 0.183. The first-order valence-corrected chi connectivity index (χ1v) is 10.1. The summed E-state index contributed by atoms with van der Waals surface area (Å²) in [5.41, 5.74) is 1.07. The van der Waals surface area contributed by atoms with Crippen molar-refractivity contribution in [1.29, 1.82) is 0 Å². The number of amidine groups is 1. The summed E-state index contributed by atoms with van der Waals surface area (Å²) in [4.78, 5) is 35.7. The summed E-state index contributed by atoms with van der Waals surface area (Å²) in [5, 5.41) is 7.94. The van der Waals surface area contributed by atoms with Crippen molar-refractivity contribution in [2.45, 2.75) is 19.2 Å². The van der Waals surface area contributed by atoms with Crippen molar-refractivity contribution in [3.63, 3.8) is 0 Å². The predicted octanol–water partition coefficient (Wildman–Crippen LogP) is 2.92. The minimum absolute atomic E-state index is 0.262. The number of benzene rings is 2. The number of esters is 1. The van der Waals surface area contributed by atoms with Gasteiger partial charge in [0.05, 0.1) is 19.8 Å². The van der Waals surface area contributed by atoms with E-state index >= 15 is 0 Å². The molecule has 0 spiro atoms. The highest BCUT2D eigenvalue weighted by molar-refractivity contribution is 8.14. The number of carbonyl (C=O) groups excluding carboxylic acids is 3. The van der Waals surface area contributed by atoms with Crippen LogP contribution in [0.3, 0.4) is 0 Å². The lowest BCUT2D eigenvalue weighted by Crippen LogP contribution is -2.25. The van der Waals surface area contributed by atoms with Crippen LogP contribution in [0.15, 0.2) is 47.6 Å². The van der Waals surface area contributed by atoms with Crippen LogP contribution in [0.25, 0.3) is 0 Å². The Hall–Kier alpha value is -3.53. The second-order valence-electron chi connectivity index (χ2n) is 6.45. The van der Waals surface area contributed by atoms with Crippen molar-refractivity contribution >= 4 is 34.7 Å². The molecule has 31 heavy (non-hydrogen) atoms. The van der Waals surface area contributed by atoms with E-state index in [0.717, 1.165) is 5.56 Å². The summed E-state index contributed by atoms with van der Waals surface area (Å²) in [6.45, 7) is 2.77. The Labute approximate surface area is 183 Å². The molecule has 0 saturated heterocycles. The normalized spacial score (nSPS) is 15.2. The Bertz CT molecular complexity index is 1040. The molecule has 3 rings (SSSR count). The molecule has 1 aliphatic heterocycles. The van der Waals surface area contributed by atoms with Crippen LogP contribution in [0, 0.1) is 0 Å². The lowest BCUT2D eigenvalue weighted by atomic mass is 10.2. The number of carbonyl (C=O) groups is 3. The molecule has 9 nitrogen and oxygen atoms in total. The maximum atomic E-state index is 12.5. The van der Waals surface area contributed by atoms with Crippen LogP contribution in [0.1, 0.15) is 35.1 Å². The Morgan fingerprint density at radius 1 is 1.00 bits per heavy atom. The number of methoxy groups -OCH3 is 2. The van der Waals surface area contributed by atoms with Gasteiger partial charge in [-0.05, 0) is 35.9 Å². The maximum absolute atomic E-state index is 12.5. The van der Waals surface area contributed by atoms with Crippen molar-refractivity contribution in [3.8, 4) is 17.2 Å². The first-order chi connectivity index (χ1) is 14.8. The van der Waals surface area contributed by atoms with Gasteiger partial charge in [0.15, 0.2) is 16.7 Å². The molecule has 10 heteroatoms. The average Bonchev–Trinajstić information content (AvgIpc) is 3.17. The van der Waals surface area contributed by atoms with Crippen LogP contribution in [0.5, 0.6) is 17.2 Å². The van der Waals surface area contributed by atoms with E-state index in [1.807, 2.05) is 0 Å². The zero-order valence-corrected chi connectivity index (χ0v) is 18.2. The number of ether oxygens (including phenoxy) is 3. The molecule has 162 valence electrons. The standard InChI is InChI=1S/C21H21N3O6S/c1-12(25)22-21-23-24(13(2)26)19(31-21)14-5-8-16(9-6-14)30-20(27)15-7-10-17(28-3)18(11-15)29-4/h5-11,19H,1-4H3,(H,22,23,25). The van der Waals surface area contributed by atoms with Gasteiger partial charge in [0.25, 0.3) is 0 Å². The van der Waals surface area contributed by atoms with Crippen LogP contribution in [0.2, 0.25) is 0 Å². The molecule has 0 aromatic heterocycles. The van der Waals surface area contributed by atoms with Gasteiger partial charge in [-0.3, -0.25) is 9.59 Å². The third-order valence-electron chi connectivity index (χ3n) is 4.24. The lowest BCUT2D eigenvalue weighted by molar-refractivity contribution is -0.129. The molecule has 2 aromatic rings. The molecule has 2 amide bonds. The monoisotopic (exact) mass is 443 g/mol. The number of hydrogen-bond donors (Lipinski definition) is 1. The van der Waals surface area contributed by atoms with E-state index in [0.29, 0.717) is 28.0 Å². The van der Waals surface area contributed by atoms with E-state index in [4.69, 9.17) is 14.2 Å². The Balaban J connectivity index is 1.72. The molecule has 0 fully saturated rings. The van der Waals surface area contributed by atoms with Crippen molar-refractivity contribution in [3.05, 3.63) is 53.6 Å². The zero-order chi connectivity index (χ0) is 22.5. The topological polar surface area (TPSA) is 107 Å². The molecule has 1 heterocycles. The smallest absolute Gasteiger partial charge is 0.343 e. The Kier molecular flexibility index (Phi) is 6.81. The maximum Gasteiger partial charge on any atom is 0.343 e. The van der Waals surface area contributed by atoms with Crippen molar-refractivity contribution in [2.24, 2.45) is 5.10 Å². The molecule has 1 aliphatic rings. The SMILES string of the molecule is COc1ccc(C(=O)Oc2ccc(C3SC(NC(C)=O)=NN3C(C)=O)cc2)cc1OC. The average molecular weight is 443 g/mol. The number of hydrogen-bond acceptors (Lipinski definition) is 8. The number of thioether (sulfide) groups is 1. The fourth-order valence-corrected chi connectivity index (χ4v) is 3.95. The van der Waals surface area contributed by atoms with Gasteiger partial charge in [-0.25, -0.2) is 9.80 Å². The van der Waals surface area contributed by atoms with Crippen LogP contribution in [0.4, 0.5) is 0 Å². The van der Waals surface area contributed by atoms with E-state index in [-0.39, 0.29) is 11.8 Å². The van der Waals surface area contributed by atoms with Gasteiger partial charge >= 0.3 is 5.97 Å². The fourth-order valence-electron chi connectivity index (χ4n) is 2.81. The summed E-state index contributed by atoms with van der Waals surface area (Å²) in [6, 6.07) is 11.5. The van der Waals surface area contributed by atoms with Crippen LogP contribution in [-0.2, 0) is 9.59 Å². The van der Waals surface area contributed by atoms with Gasteiger partial charge in [-0.2, -0.15) is 0 Å². The third kappa shape index (κ3) is 5.15. The van der Waals surface area contributed by atoms with Crippen LogP contribution < -0.4 is 19.5 Å². The summed E-state index contributed by atoms with van der Waals surface area (Å²) < 4.78 is 15.8. The fraction of sp³-hybridized carbons (Fsp3) is 0.238. The summed E-state index contributed by atoms with van der Waals surface area (Å²) >= 11 is 1.24. The van der Waals surface area contributed by atoms with Gasteiger partial charge in [-0.1, -0.05) is 23.9 Å². The lowest BCUT2D eigenvalue weighted by Gasteiger charge is -2.19. The summed E-state index contributed by atoms with van der Waals surface area (Å²) in [6.07, 6.45) is 0.